The molecule has 0 unspecified atom stereocenters. The van der Waals surface area contributed by atoms with Gasteiger partial charge in [0.05, 0.1) is 0 Å². The van der Waals surface area contributed by atoms with Gasteiger partial charge in [-0.1, -0.05) is 18.2 Å². The van der Waals surface area contributed by atoms with Crippen LogP contribution in [-0.2, 0) is 11.2 Å². The summed E-state index contributed by atoms with van der Waals surface area (Å²) in [7, 11) is 4.06. The third kappa shape index (κ3) is 9.02. The first kappa shape index (κ1) is 21.3. The van der Waals surface area contributed by atoms with E-state index in [9.17, 15) is 4.79 Å². The number of halogens is 2. The summed E-state index contributed by atoms with van der Waals surface area (Å²) >= 11 is 0. The first-order valence-electron chi connectivity index (χ1n) is 6.34. The Bertz CT molecular complexity index is 386. The normalized spacial score (nSPS) is 9.55. The zero-order valence-corrected chi connectivity index (χ0v) is 13.7. The zero-order chi connectivity index (χ0) is 13.4. The maximum Gasteiger partial charge on any atom is 0.220 e. The molecule has 0 aromatic heterocycles. The molecule has 116 valence electrons. The van der Waals surface area contributed by atoms with E-state index < -0.39 is 0 Å². The van der Waals surface area contributed by atoms with Crippen LogP contribution in [-0.4, -0.2) is 38.0 Å². The van der Waals surface area contributed by atoms with Gasteiger partial charge in [-0.3, -0.25) is 4.79 Å². The molecule has 0 aliphatic rings. The van der Waals surface area contributed by atoms with Crippen molar-refractivity contribution in [2.45, 2.75) is 19.3 Å². The number of amides is 1. The van der Waals surface area contributed by atoms with Crippen molar-refractivity contribution in [2.75, 3.05) is 32.9 Å². The molecule has 1 aromatic rings. The van der Waals surface area contributed by atoms with Crippen molar-refractivity contribution in [3.8, 4) is 0 Å². The van der Waals surface area contributed by atoms with Crippen LogP contribution in [0.3, 0.4) is 0 Å². The van der Waals surface area contributed by atoms with Crippen molar-refractivity contribution in [2.24, 2.45) is 0 Å². The summed E-state index contributed by atoms with van der Waals surface area (Å²) in [6, 6.07) is 7.68. The molecule has 0 atom stereocenters. The second-order valence-electron chi connectivity index (χ2n) is 4.71. The Hall–Kier alpha value is -0.970. The average molecular weight is 322 g/mol. The Balaban J connectivity index is 0. The maximum atomic E-state index is 11.6. The number of nitrogen functional groups attached to an aromatic ring is 1. The molecule has 0 saturated carbocycles. The van der Waals surface area contributed by atoms with Crippen molar-refractivity contribution in [1.82, 2.24) is 10.2 Å². The highest BCUT2D eigenvalue weighted by atomic mass is 35.5. The highest BCUT2D eigenvalue weighted by Crippen LogP contribution is 2.12. The van der Waals surface area contributed by atoms with Gasteiger partial charge < -0.3 is 16.0 Å². The Morgan fingerprint density at radius 2 is 1.90 bits per heavy atom. The van der Waals surface area contributed by atoms with Crippen LogP contribution in [0.25, 0.3) is 0 Å². The molecular weight excluding hydrogens is 297 g/mol. The van der Waals surface area contributed by atoms with Crippen molar-refractivity contribution < 1.29 is 4.79 Å². The number of rotatable bonds is 7. The number of carbonyl (C=O) groups is 1. The minimum atomic E-state index is 0. The Morgan fingerprint density at radius 1 is 1.25 bits per heavy atom. The summed E-state index contributed by atoms with van der Waals surface area (Å²) in [4.78, 5) is 13.7. The van der Waals surface area contributed by atoms with E-state index in [2.05, 4.69) is 10.2 Å². The SMILES string of the molecule is CN(C)CCCNC(=O)CCc1ccccc1N.Cl.Cl. The number of benzene rings is 1. The standard InChI is InChI=1S/C14H23N3O.2ClH/c1-17(2)11-5-10-16-14(18)9-8-12-6-3-4-7-13(12)15;;/h3-4,6-7H,5,8-11,15H2,1-2H3,(H,16,18);2*1H. The first-order valence-corrected chi connectivity index (χ1v) is 6.34. The van der Waals surface area contributed by atoms with Crippen LogP contribution in [0.4, 0.5) is 5.69 Å². The van der Waals surface area contributed by atoms with Gasteiger partial charge in [-0.2, -0.15) is 0 Å². The molecule has 3 N–H and O–H groups in total. The van der Waals surface area contributed by atoms with Gasteiger partial charge in [0, 0.05) is 18.7 Å². The van der Waals surface area contributed by atoms with Crippen LogP contribution in [0.2, 0.25) is 0 Å². The van der Waals surface area contributed by atoms with Crippen LogP contribution in [0.15, 0.2) is 24.3 Å². The highest BCUT2D eigenvalue weighted by Gasteiger charge is 2.03. The lowest BCUT2D eigenvalue weighted by Crippen LogP contribution is -2.27. The molecule has 1 amide bonds. The van der Waals surface area contributed by atoms with Crippen LogP contribution in [0.1, 0.15) is 18.4 Å². The fraction of sp³-hybridized carbons (Fsp3) is 0.500. The van der Waals surface area contributed by atoms with Gasteiger partial charge >= 0.3 is 0 Å². The van der Waals surface area contributed by atoms with Crippen LogP contribution >= 0.6 is 24.8 Å². The Labute approximate surface area is 133 Å². The topological polar surface area (TPSA) is 58.4 Å². The van der Waals surface area contributed by atoms with Crippen molar-refractivity contribution in [3.63, 3.8) is 0 Å². The minimum Gasteiger partial charge on any atom is -0.399 e. The lowest BCUT2D eigenvalue weighted by Gasteiger charge is -2.10. The highest BCUT2D eigenvalue weighted by molar-refractivity contribution is 5.85. The predicted molar refractivity (Wildman–Crippen MR) is 89.9 cm³/mol. The third-order valence-corrected chi connectivity index (χ3v) is 2.78. The molecule has 1 rings (SSSR count). The molecule has 0 heterocycles. The number of carbonyl (C=O) groups excluding carboxylic acids is 1. The van der Waals surface area contributed by atoms with E-state index in [1.807, 2.05) is 38.4 Å². The molecule has 0 saturated heterocycles. The van der Waals surface area contributed by atoms with Crippen molar-refractivity contribution in [1.29, 1.82) is 0 Å². The van der Waals surface area contributed by atoms with Gasteiger partial charge in [-0.05, 0) is 45.1 Å². The number of hydrogen-bond acceptors (Lipinski definition) is 3. The van der Waals surface area contributed by atoms with E-state index >= 15 is 0 Å². The molecular formula is C14H25Cl2N3O. The minimum absolute atomic E-state index is 0. The Kier molecular flexibility index (Phi) is 12.6. The number of para-hydroxylation sites is 1. The fourth-order valence-corrected chi connectivity index (χ4v) is 1.72. The summed E-state index contributed by atoms with van der Waals surface area (Å²) in [6.07, 6.45) is 2.18. The largest absolute Gasteiger partial charge is 0.399 e. The average Bonchev–Trinajstić information content (AvgIpc) is 2.33. The van der Waals surface area contributed by atoms with E-state index in [-0.39, 0.29) is 30.7 Å². The van der Waals surface area contributed by atoms with Crippen molar-refractivity contribution >= 4 is 36.4 Å². The molecule has 0 radical (unpaired) electrons. The molecule has 4 nitrogen and oxygen atoms in total. The van der Waals surface area contributed by atoms with Crippen LogP contribution in [0.5, 0.6) is 0 Å². The van der Waals surface area contributed by atoms with E-state index in [1.54, 1.807) is 0 Å². The van der Waals surface area contributed by atoms with Gasteiger partial charge in [0.15, 0.2) is 0 Å². The first-order chi connectivity index (χ1) is 8.59. The van der Waals surface area contributed by atoms with E-state index in [0.717, 1.165) is 30.8 Å². The lowest BCUT2D eigenvalue weighted by atomic mass is 10.1. The monoisotopic (exact) mass is 321 g/mol. The third-order valence-electron chi connectivity index (χ3n) is 2.78. The van der Waals surface area contributed by atoms with Crippen LogP contribution in [0, 0.1) is 0 Å². The van der Waals surface area contributed by atoms with Gasteiger partial charge in [-0.15, -0.1) is 24.8 Å². The lowest BCUT2D eigenvalue weighted by molar-refractivity contribution is -0.121. The number of anilines is 1. The summed E-state index contributed by atoms with van der Waals surface area (Å²) < 4.78 is 0. The van der Waals surface area contributed by atoms with E-state index in [0.29, 0.717) is 12.8 Å². The smallest absolute Gasteiger partial charge is 0.220 e. The molecule has 0 bridgehead atoms. The summed E-state index contributed by atoms with van der Waals surface area (Å²) in [6.45, 7) is 1.73. The molecule has 0 aliphatic heterocycles. The molecule has 20 heavy (non-hydrogen) atoms. The second kappa shape index (κ2) is 11.8. The van der Waals surface area contributed by atoms with Gasteiger partial charge in [0.2, 0.25) is 5.91 Å². The maximum absolute atomic E-state index is 11.6. The number of hydrogen-bond donors (Lipinski definition) is 2. The summed E-state index contributed by atoms with van der Waals surface area (Å²) in [5.74, 6) is 0.0945. The van der Waals surface area contributed by atoms with E-state index in [1.165, 1.54) is 0 Å². The van der Waals surface area contributed by atoms with Gasteiger partial charge in [0.25, 0.3) is 0 Å². The Morgan fingerprint density at radius 3 is 2.50 bits per heavy atom. The molecule has 0 aliphatic carbocycles. The van der Waals surface area contributed by atoms with E-state index in [4.69, 9.17) is 5.73 Å². The molecule has 6 heteroatoms. The van der Waals surface area contributed by atoms with Crippen LogP contribution < -0.4 is 11.1 Å². The number of aryl methyl sites for hydroxylation is 1. The van der Waals surface area contributed by atoms with Gasteiger partial charge in [-0.25, -0.2) is 0 Å². The number of nitrogens with two attached hydrogens (primary N) is 1. The predicted octanol–water partition coefficient (Wildman–Crippen LogP) is 2.11. The zero-order valence-electron chi connectivity index (χ0n) is 12.1. The number of nitrogens with zero attached hydrogens (tertiary/aromatic N) is 1. The summed E-state index contributed by atoms with van der Waals surface area (Å²) in [5, 5.41) is 2.92. The quantitative estimate of drug-likeness (QED) is 0.597. The molecule has 0 spiro atoms. The summed E-state index contributed by atoms with van der Waals surface area (Å²) in [5.41, 5.74) is 7.63. The molecule has 1 aromatic carbocycles. The second-order valence-corrected chi connectivity index (χ2v) is 4.71. The molecule has 0 fully saturated rings. The van der Waals surface area contributed by atoms with Gasteiger partial charge in [0.1, 0.15) is 0 Å². The fourth-order valence-electron chi connectivity index (χ4n) is 1.72. The number of nitrogens with one attached hydrogen (secondary N) is 1. The van der Waals surface area contributed by atoms with Crippen molar-refractivity contribution in [3.05, 3.63) is 29.8 Å².